The number of nitrogen functional groups attached to an aromatic ring is 1. The predicted molar refractivity (Wildman–Crippen MR) is 117 cm³/mol. The van der Waals surface area contributed by atoms with E-state index in [-0.39, 0.29) is 29.1 Å². The number of ether oxygens (including phenoxy) is 1. The van der Waals surface area contributed by atoms with E-state index in [9.17, 15) is 13.9 Å². The molecule has 160 valence electrons. The number of nitrogens with two attached hydrogens (primary N) is 1. The van der Waals surface area contributed by atoms with Crippen LogP contribution >= 0.6 is 12.6 Å². The molecular formula is C21H24F2N4O2S. The van der Waals surface area contributed by atoms with Gasteiger partial charge >= 0.3 is 0 Å². The van der Waals surface area contributed by atoms with Crippen molar-refractivity contribution in [3.8, 4) is 5.75 Å². The highest BCUT2D eigenvalue weighted by molar-refractivity contribution is 7.79. The molecule has 1 fully saturated rings. The minimum atomic E-state index is -0.552. The molecular weight excluding hydrogens is 410 g/mol. The highest BCUT2D eigenvalue weighted by atomic mass is 32.1. The van der Waals surface area contributed by atoms with E-state index in [1.165, 1.54) is 30.6 Å². The maximum atomic E-state index is 14.5. The predicted octanol–water partition coefficient (Wildman–Crippen LogP) is 4.46. The average molecular weight is 435 g/mol. The number of fused-ring (bicyclic) bond motifs is 1. The molecule has 0 amide bonds. The second-order valence-electron chi connectivity index (χ2n) is 6.93. The molecule has 0 spiro atoms. The lowest BCUT2D eigenvalue weighted by atomic mass is 9.95. The summed E-state index contributed by atoms with van der Waals surface area (Å²) in [5.41, 5.74) is 6.77. The van der Waals surface area contributed by atoms with Crippen LogP contribution in [-0.2, 0) is 0 Å². The van der Waals surface area contributed by atoms with Crippen molar-refractivity contribution < 1.29 is 18.6 Å². The largest absolute Gasteiger partial charge is 0.488 e. The van der Waals surface area contributed by atoms with Crippen molar-refractivity contribution in [3.05, 3.63) is 48.3 Å². The van der Waals surface area contributed by atoms with Crippen molar-refractivity contribution in [2.45, 2.75) is 37.9 Å². The first-order valence-corrected chi connectivity index (χ1v) is 10.4. The lowest BCUT2D eigenvalue weighted by Gasteiger charge is -2.27. The molecule has 1 heterocycles. The van der Waals surface area contributed by atoms with Gasteiger partial charge in [-0.05, 0) is 56.2 Å². The fraction of sp³-hybridized carbons (Fsp3) is 0.333. The van der Waals surface area contributed by atoms with Gasteiger partial charge in [-0.25, -0.2) is 18.7 Å². The lowest BCUT2D eigenvalue weighted by molar-refractivity contribution is 0.0668. The number of hydrogen-bond donors (Lipinski definition) is 4. The molecule has 1 aliphatic rings. The van der Waals surface area contributed by atoms with Crippen LogP contribution in [0.2, 0.25) is 0 Å². The maximum absolute atomic E-state index is 14.5. The van der Waals surface area contributed by atoms with Crippen LogP contribution in [0.5, 0.6) is 5.75 Å². The number of halogens is 2. The Bertz CT molecular complexity index is 1010. The first-order valence-electron chi connectivity index (χ1n) is 9.55. The number of anilines is 3. The first kappa shape index (κ1) is 22.0. The summed E-state index contributed by atoms with van der Waals surface area (Å²) in [5.74, 6) is -0.450. The molecule has 30 heavy (non-hydrogen) atoms. The van der Waals surface area contributed by atoms with Gasteiger partial charge in [0.15, 0.2) is 0 Å². The van der Waals surface area contributed by atoms with Gasteiger partial charge in [-0.1, -0.05) is 0 Å². The van der Waals surface area contributed by atoms with Crippen LogP contribution in [0.25, 0.3) is 10.9 Å². The Morgan fingerprint density at radius 1 is 1.10 bits per heavy atom. The van der Waals surface area contributed by atoms with Crippen LogP contribution in [0.4, 0.5) is 26.0 Å². The molecule has 0 bridgehead atoms. The van der Waals surface area contributed by atoms with Crippen molar-refractivity contribution in [1.82, 2.24) is 9.97 Å². The SMILES string of the molecule is CS.Nc1cc(F)c2c(Nc3ccc(F)cc3OC3CCC(O)CC3)ncnc2c1. The molecule has 4 rings (SSSR count). The molecule has 6 nitrogen and oxygen atoms in total. The Kier molecular flexibility index (Phi) is 7.28. The summed E-state index contributed by atoms with van der Waals surface area (Å²) in [6.45, 7) is 0. The normalized spacial score (nSPS) is 18.4. The van der Waals surface area contributed by atoms with E-state index in [2.05, 4.69) is 27.9 Å². The van der Waals surface area contributed by atoms with Crippen LogP contribution in [0.1, 0.15) is 25.7 Å². The Morgan fingerprint density at radius 2 is 1.83 bits per heavy atom. The van der Waals surface area contributed by atoms with Crippen molar-refractivity contribution in [2.24, 2.45) is 0 Å². The van der Waals surface area contributed by atoms with Gasteiger partial charge in [0.05, 0.1) is 28.8 Å². The second kappa shape index (κ2) is 9.90. The summed E-state index contributed by atoms with van der Waals surface area (Å²) in [5, 5.41) is 12.9. The fourth-order valence-electron chi connectivity index (χ4n) is 3.42. The van der Waals surface area contributed by atoms with Gasteiger partial charge in [0.1, 0.15) is 29.5 Å². The van der Waals surface area contributed by atoms with Crippen LogP contribution in [0, 0.1) is 11.6 Å². The summed E-state index contributed by atoms with van der Waals surface area (Å²) in [6.07, 6.45) is 5.22. The molecule has 0 unspecified atom stereocenters. The monoisotopic (exact) mass is 434 g/mol. The van der Waals surface area contributed by atoms with Crippen LogP contribution in [-0.4, -0.2) is 33.5 Å². The van der Waals surface area contributed by atoms with E-state index in [4.69, 9.17) is 10.5 Å². The number of nitrogens with zero attached hydrogens (tertiary/aromatic N) is 2. The molecule has 0 saturated heterocycles. The topological polar surface area (TPSA) is 93.3 Å². The summed E-state index contributed by atoms with van der Waals surface area (Å²) < 4.78 is 34.3. The van der Waals surface area contributed by atoms with Crippen LogP contribution in [0.15, 0.2) is 36.7 Å². The van der Waals surface area contributed by atoms with Crippen molar-refractivity contribution in [1.29, 1.82) is 0 Å². The summed E-state index contributed by atoms with van der Waals surface area (Å²) in [7, 11) is 0. The van der Waals surface area contributed by atoms with E-state index in [0.717, 1.165) is 0 Å². The zero-order valence-electron chi connectivity index (χ0n) is 16.5. The number of hydrogen-bond acceptors (Lipinski definition) is 7. The number of aliphatic hydroxyl groups excluding tert-OH is 1. The molecule has 3 aromatic rings. The molecule has 0 atom stereocenters. The van der Waals surface area contributed by atoms with E-state index >= 15 is 0 Å². The molecule has 0 aliphatic heterocycles. The van der Waals surface area contributed by atoms with Gasteiger partial charge in [-0.15, -0.1) is 0 Å². The number of rotatable bonds is 4. The second-order valence-corrected chi connectivity index (χ2v) is 6.93. The molecule has 0 radical (unpaired) electrons. The lowest BCUT2D eigenvalue weighted by Crippen LogP contribution is -2.26. The van der Waals surface area contributed by atoms with Crippen molar-refractivity contribution in [3.63, 3.8) is 0 Å². The average Bonchev–Trinajstić information content (AvgIpc) is 2.73. The van der Waals surface area contributed by atoms with Crippen molar-refractivity contribution in [2.75, 3.05) is 17.3 Å². The summed E-state index contributed by atoms with van der Waals surface area (Å²) in [4.78, 5) is 8.18. The highest BCUT2D eigenvalue weighted by Gasteiger charge is 2.22. The minimum Gasteiger partial charge on any atom is -0.488 e. The third-order valence-corrected chi connectivity index (χ3v) is 4.85. The fourth-order valence-corrected chi connectivity index (χ4v) is 3.42. The quantitative estimate of drug-likeness (QED) is 0.358. The molecule has 1 aromatic heterocycles. The third-order valence-electron chi connectivity index (χ3n) is 4.85. The Hall–Kier alpha value is -2.65. The summed E-state index contributed by atoms with van der Waals surface area (Å²) >= 11 is 3.53. The van der Waals surface area contributed by atoms with Crippen LogP contribution in [0.3, 0.4) is 0 Å². The number of nitrogens with one attached hydrogen (secondary N) is 1. The molecule has 1 saturated carbocycles. The first-order chi connectivity index (χ1) is 14.5. The smallest absolute Gasteiger partial charge is 0.146 e. The zero-order valence-corrected chi connectivity index (χ0v) is 17.4. The number of aliphatic hydroxyl groups is 1. The van der Waals surface area contributed by atoms with Crippen molar-refractivity contribution >= 4 is 40.7 Å². The highest BCUT2D eigenvalue weighted by Crippen LogP contribution is 2.34. The number of aromatic nitrogens is 2. The number of benzene rings is 2. The van der Waals surface area contributed by atoms with Gasteiger partial charge in [0.2, 0.25) is 0 Å². The van der Waals surface area contributed by atoms with E-state index in [1.54, 1.807) is 12.3 Å². The minimum absolute atomic E-state index is 0.121. The van der Waals surface area contributed by atoms with E-state index < -0.39 is 11.6 Å². The van der Waals surface area contributed by atoms with Gasteiger partial charge < -0.3 is 20.9 Å². The standard InChI is InChI=1S/C20H20F2N4O2.CH4S/c21-11-1-6-16(18(7-11)28-14-4-2-13(27)3-5-14)26-20-19-15(22)8-12(23)9-17(19)24-10-25-20;1-2/h1,6-10,13-14,27H,2-5,23H2,(H,24,25,26);2H,1H3. The zero-order chi connectivity index (χ0) is 21.7. The van der Waals surface area contributed by atoms with Gasteiger partial charge in [-0.2, -0.15) is 12.6 Å². The molecule has 1 aliphatic carbocycles. The Balaban J connectivity index is 0.00000124. The Labute approximate surface area is 178 Å². The molecule has 2 aromatic carbocycles. The van der Waals surface area contributed by atoms with Gasteiger partial charge in [0, 0.05) is 11.8 Å². The molecule has 9 heteroatoms. The van der Waals surface area contributed by atoms with E-state index in [0.29, 0.717) is 42.6 Å². The third kappa shape index (κ3) is 5.09. The van der Waals surface area contributed by atoms with Crippen LogP contribution < -0.4 is 15.8 Å². The van der Waals surface area contributed by atoms with Gasteiger partial charge in [0.25, 0.3) is 0 Å². The Morgan fingerprint density at radius 3 is 2.57 bits per heavy atom. The number of thiol groups is 1. The van der Waals surface area contributed by atoms with Gasteiger partial charge in [-0.3, -0.25) is 0 Å². The summed E-state index contributed by atoms with van der Waals surface area (Å²) in [6, 6.07) is 6.85. The molecule has 4 N–H and O–H groups in total. The maximum Gasteiger partial charge on any atom is 0.146 e. The van der Waals surface area contributed by atoms with E-state index in [1.807, 2.05) is 0 Å².